The molecule has 0 heterocycles. The lowest BCUT2D eigenvalue weighted by molar-refractivity contribution is 0.0728. The smallest absolute Gasteiger partial charge is 0.343 e. The summed E-state index contributed by atoms with van der Waals surface area (Å²) in [6.45, 7) is 0. The lowest BCUT2D eigenvalue weighted by Gasteiger charge is -2.12. The summed E-state index contributed by atoms with van der Waals surface area (Å²) in [5.74, 6) is 0.726. The molecule has 0 aliphatic heterocycles. The molecular formula is C24H20BrIN2O6. The Kier molecular flexibility index (Phi) is 8.88. The zero-order valence-electron chi connectivity index (χ0n) is 18.4. The summed E-state index contributed by atoms with van der Waals surface area (Å²) >= 11 is 5.38. The molecule has 1 amide bonds. The highest BCUT2D eigenvalue weighted by Crippen LogP contribution is 2.34. The number of benzene rings is 3. The second-order valence-electron chi connectivity index (χ2n) is 6.70. The first-order chi connectivity index (χ1) is 16.4. The van der Waals surface area contributed by atoms with E-state index in [1.807, 2.05) is 22.6 Å². The third-order valence-corrected chi connectivity index (χ3v) is 5.85. The molecule has 0 saturated carbocycles. The van der Waals surface area contributed by atoms with Crippen LogP contribution in [0.4, 0.5) is 0 Å². The number of amides is 1. The highest BCUT2D eigenvalue weighted by atomic mass is 127. The first-order valence-corrected chi connectivity index (χ1v) is 11.6. The fourth-order valence-electron chi connectivity index (χ4n) is 2.88. The van der Waals surface area contributed by atoms with Crippen molar-refractivity contribution in [2.24, 2.45) is 5.10 Å². The number of methoxy groups -OCH3 is 3. The van der Waals surface area contributed by atoms with E-state index in [4.69, 9.17) is 18.9 Å². The van der Waals surface area contributed by atoms with E-state index in [1.54, 1.807) is 61.7 Å². The van der Waals surface area contributed by atoms with Gasteiger partial charge in [0.05, 0.1) is 42.2 Å². The Balaban J connectivity index is 1.75. The van der Waals surface area contributed by atoms with Crippen LogP contribution in [0.25, 0.3) is 0 Å². The number of hydrogen-bond acceptors (Lipinski definition) is 7. The van der Waals surface area contributed by atoms with Crippen LogP contribution in [0, 0.1) is 3.57 Å². The summed E-state index contributed by atoms with van der Waals surface area (Å²) in [7, 11) is 4.51. The molecule has 0 unspecified atom stereocenters. The number of esters is 1. The van der Waals surface area contributed by atoms with Gasteiger partial charge in [0.1, 0.15) is 11.5 Å². The normalized spacial score (nSPS) is 10.6. The number of carbonyl (C=O) groups is 2. The minimum Gasteiger partial charge on any atom is -0.497 e. The molecule has 8 nitrogen and oxygen atoms in total. The topological polar surface area (TPSA) is 95.5 Å². The van der Waals surface area contributed by atoms with E-state index in [0.717, 1.165) is 4.47 Å². The molecule has 0 aliphatic rings. The molecule has 0 aromatic heterocycles. The van der Waals surface area contributed by atoms with E-state index in [-0.39, 0.29) is 5.75 Å². The molecule has 0 spiro atoms. The predicted octanol–water partition coefficient (Wildman–Crippen LogP) is 5.06. The molecule has 34 heavy (non-hydrogen) atoms. The fraction of sp³-hybridized carbons (Fsp3) is 0.125. The van der Waals surface area contributed by atoms with Gasteiger partial charge in [-0.15, -0.1) is 0 Å². The van der Waals surface area contributed by atoms with E-state index in [9.17, 15) is 9.59 Å². The Morgan fingerprint density at radius 1 is 0.941 bits per heavy atom. The van der Waals surface area contributed by atoms with E-state index >= 15 is 0 Å². The first-order valence-electron chi connectivity index (χ1n) is 9.77. The monoisotopic (exact) mass is 638 g/mol. The Morgan fingerprint density at radius 2 is 1.65 bits per heavy atom. The zero-order chi connectivity index (χ0) is 24.7. The summed E-state index contributed by atoms with van der Waals surface area (Å²) in [6.07, 6.45) is 1.46. The molecule has 10 heteroatoms. The van der Waals surface area contributed by atoms with Crippen LogP contribution in [0.5, 0.6) is 23.0 Å². The predicted molar refractivity (Wildman–Crippen MR) is 139 cm³/mol. The first kappa shape index (κ1) is 25.5. The number of rotatable bonds is 8. The third kappa shape index (κ3) is 6.26. The average molecular weight is 639 g/mol. The number of nitrogens with one attached hydrogen (secondary N) is 1. The van der Waals surface area contributed by atoms with Crippen molar-refractivity contribution in [2.75, 3.05) is 21.3 Å². The number of ether oxygens (including phenoxy) is 4. The van der Waals surface area contributed by atoms with Gasteiger partial charge in [0.15, 0.2) is 11.5 Å². The molecule has 3 rings (SSSR count). The van der Waals surface area contributed by atoms with Gasteiger partial charge in [-0.1, -0.05) is 15.9 Å². The molecule has 3 aromatic rings. The Bertz CT molecular complexity index is 1230. The Morgan fingerprint density at radius 3 is 2.29 bits per heavy atom. The maximum absolute atomic E-state index is 12.6. The molecule has 0 aliphatic carbocycles. The van der Waals surface area contributed by atoms with E-state index in [2.05, 4.69) is 26.5 Å². The van der Waals surface area contributed by atoms with Crippen molar-refractivity contribution in [1.82, 2.24) is 5.43 Å². The highest BCUT2D eigenvalue weighted by molar-refractivity contribution is 14.1. The zero-order valence-corrected chi connectivity index (χ0v) is 22.2. The van der Waals surface area contributed by atoms with Crippen LogP contribution in [0.3, 0.4) is 0 Å². The molecule has 0 atom stereocenters. The van der Waals surface area contributed by atoms with Crippen LogP contribution >= 0.6 is 38.5 Å². The average Bonchev–Trinajstić information content (AvgIpc) is 2.85. The molecule has 176 valence electrons. The minimum atomic E-state index is -0.532. The quantitative estimate of drug-likeness (QED) is 0.122. The largest absolute Gasteiger partial charge is 0.497 e. The fourth-order valence-corrected chi connectivity index (χ4v) is 3.97. The molecular weight excluding hydrogens is 619 g/mol. The number of hydrogen-bond donors (Lipinski definition) is 1. The van der Waals surface area contributed by atoms with Gasteiger partial charge in [0, 0.05) is 4.47 Å². The molecule has 0 fully saturated rings. The maximum atomic E-state index is 12.6. The van der Waals surface area contributed by atoms with Gasteiger partial charge >= 0.3 is 5.97 Å². The van der Waals surface area contributed by atoms with Crippen molar-refractivity contribution < 1.29 is 28.5 Å². The van der Waals surface area contributed by atoms with Crippen LogP contribution in [-0.2, 0) is 0 Å². The van der Waals surface area contributed by atoms with Crippen molar-refractivity contribution in [1.29, 1.82) is 0 Å². The summed E-state index contributed by atoms with van der Waals surface area (Å²) in [4.78, 5) is 25.1. The van der Waals surface area contributed by atoms with Gasteiger partial charge in [-0.3, -0.25) is 4.79 Å². The van der Waals surface area contributed by atoms with E-state index in [1.165, 1.54) is 20.4 Å². The SMILES string of the molecule is COc1ccc(C(=O)Oc2c(I)cc(/C=N\NC(=O)c3cc(Br)ccc3OC)cc2OC)cc1. The molecule has 0 bridgehead atoms. The van der Waals surface area contributed by atoms with E-state index in [0.29, 0.717) is 37.5 Å². The van der Waals surface area contributed by atoms with Crippen LogP contribution < -0.4 is 24.4 Å². The van der Waals surface area contributed by atoms with Gasteiger partial charge in [-0.05, 0) is 82.8 Å². The van der Waals surface area contributed by atoms with Crippen molar-refractivity contribution >= 4 is 56.6 Å². The lowest BCUT2D eigenvalue weighted by Crippen LogP contribution is -2.18. The van der Waals surface area contributed by atoms with Gasteiger partial charge in [-0.25, -0.2) is 10.2 Å². The van der Waals surface area contributed by atoms with Crippen LogP contribution in [0.1, 0.15) is 26.3 Å². The summed E-state index contributed by atoms with van der Waals surface area (Å²) in [5.41, 5.74) is 3.81. The molecule has 0 radical (unpaired) electrons. The number of nitrogens with zero attached hydrogens (tertiary/aromatic N) is 1. The summed E-state index contributed by atoms with van der Waals surface area (Å²) in [5, 5.41) is 4.02. The number of hydrazone groups is 1. The Hall–Kier alpha value is -3.12. The number of halogens is 2. The second kappa shape index (κ2) is 11.8. The maximum Gasteiger partial charge on any atom is 0.343 e. The van der Waals surface area contributed by atoms with Crippen LogP contribution in [-0.4, -0.2) is 39.4 Å². The summed E-state index contributed by atoms with van der Waals surface area (Å²) < 4.78 is 22.7. The highest BCUT2D eigenvalue weighted by Gasteiger charge is 2.17. The van der Waals surface area contributed by atoms with Gasteiger partial charge < -0.3 is 18.9 Å². The number of carbonyl (C=O) groups excluding carboxylic acids is 2. The van der Waals surface area contributed by atoms with E-state index < -0.39 is 11.9 Å². The summed E-state index contributed by atoms with van der Waals surface area (Å²) in [6, 6.07) is 15.1. The van der Waals surface area contributed by atoms with Crippen LogP contribution in [0.2, 0.25) is 0 Å². The molecule has 1 N–H and O–H groups in total. The molecule has 3 aromatic carbocycles. The van der Waals surface area contributed by atoms with Crippen molar-refractivity contribution in [3.63, 3.8) is 0 Å². The van der Waals surface area contributed by atoms with Crippen LogP contribution in [0.15, 0.2) is 64.2 Å². The minimum absolute atomic E-state index is 0.281. The molecule has 0 saturated heterocycles. The third-order valence-electron chi connectivity index (χ3n) is 4.56. The lowest BCUT2D eigenvalue weighted by atomic mass is 10.2. The van der Waals surface area contributed by atoms with Crippen molar-refractivity contribution in [2.45, 2.75) is 0 Å². The van der Waals surface area contributed by atoms with Crippen molar-refractivity contribution in [3.8, 4) is 23.0 Å². The van der Waals surface area contributed by atoms with Gasteiger partial charge in [0.25, 0.3) is 5.91 Å². The second-order valence-corrected chi connectivity index (χ2v) is 8.77. The van der Waals surface area contributed by atoms with Crippen molar-refractivity contribution in [3.05, 3.63) is 79.3 Å². The Labute approximate surface area is 218 Å². The van der Waals surface area contributed by atoms with Gasteiger partial charge in [-0.2, -0.15) is 5.10 Å². The standard InChI is InChI=1S/C24H20BrIN2O6/c1-31-17-7-4-15(5-8-17)24(30)34-22-19(26)10-14(11-21(22)33-3)13-27-28-23(29)18-12-16(25)6-9-20(18)32-2/h4-13H,1-3H3,(H,28,29)/b27-13-. The van der Waals surface area contributed by atoms with Gasteiger partial charge in [0.2, 0.25) is 0 Å².